The lowest BCUT2D eigenvalue weighted by atomic mass is 9.90. The van der Waals surface area contributed by atoms with Crippen LogP contribution in [0.5, 0.6) is 17.5 Å². The van der Waals surface area contributed by atoms with E-state index in [0.717, 1.165) is 58.1 Å². The maximum atomic E-state index is 14.0. The van der Waals surface area contributed by atoms with Gasteiger partial charge in [0.25, 0.3) is 0 Å². The van der Waals surface area contributed by atoms with Crippen LogP contribution >= 0.6 is 22.9 Å². The molecule has 14 heteroatoms. The smallest absolute Gasteiger partial charge is 0.319 e. The molecule has 0 saturated carbocycles. The van der Waals surface area contributed by atoms with Gasteiger partial charge in [0.2, 0.25) is 5.91 Å². The van der Waals surface area contributed by atoms with Crippen molar-refractivity contribution >= 4 is 34.6 Å². The molecule has 288 valence electrons. The topological polar surface area (TPSA) is 155 Å². The third-order valence-electron chi connectivity index (χ3n) is 11.1. The number of fused-ring (bicyclic) bond motifs is 3. The summed E-state index contributed by atoms with van der Waals surface area (Å²) >= 11 is 7.96. The van der Waals surface area contributed by atoms with E-state index < -0.39 is 6.04 Å². The average Bonchev–Trinajstić information content (AvgIpc) is 3.81. The fourth-order valence-corrected chi connectivity index (χ4v) is 9.19. The van der Waals surface area contributed by atoms with Gasteiger partial charge in [-0.25, -0.2) is 4.57 Å². The number of phenols is 2. The molecule has 2 aliphatic rings. The molecule has 0 radical (unpaired) electrons. The van der Waals surface area contributed by atoms with Gasteiger partial charge < -0.3 is 20.2 Å². The molecule has 2 aliphatic heterocycles. The number of nitrogens with zero attached hydrogens (tertiary/aromatic N) is 8. The first-order chi connectivity index (χ1) is 26.9. The zero-order chi connectivity index (χ0) is 39.4. The van der Waals surface area contributed by atoms with Crippen molar-refractivity contribution < 1.29 is 20.1 Å². The summed E-state index contributed by atoms with van der Waals surface area (Å²) in [6.07, 6.45) is 2.78. The first kappa shape index (κ1) is 37.4. The number of thiophene rings is 1. The predicted octanol–water partition coefficient (Wildman–Crippen LogP) is 8.16. The number of aryl methyl sites for hydroxylation is 2. The number of aromatic nitrogens is 6. The van der Waals surface area contributed by atoms with E-state index >= 15 is 0 Å². The van der Waals surface area contributed by atoms with E-state index in [1.54, 1.807) is 17.4 Å². The Morgan fingerprint density at radius 2 is 1.61 bits per heavy atom. The number of carbonyl (C=O) groups excluding carboxylic acids is 1. The lowest BCUT2D eigenvalue weighted by Crippen LogP contribution is -2.39. The van der Waals surface area contributed by atoms with E-state index in [2.05, 4.69) is 38.8 Å². The first-order valence-corrected chi connectivity index (χ1v) is 20.0. The van der Waals surface area contributed by atoms with Gasteiger partial charge in [-0.1, -0.05) is 54.8 Å². The molecule has 3 N–H and O–H groups in total. The Balaban J connectivity index is 0.961. The molecule has 3 aromatic heterocycles. The van der Waals surface area contributed by atoms with Crippen molar-refractivity contribution in [1.82, 2.24) is 34.4 Å². The molecule has 6 aromatic rings. The minimum absolute atomic E-state index is 0.00300. The largest absolute Gasteiger partial charge is 0.508 e. The number of piperidine rings is 1. The number of hydrogen-bond acceptors (Lipinski definition) is 10. The molecule has 1 atom stereocenters. The highest BCUT2D eigenvalue weighted by Gasteiger charge is 2.34. The van der Waals surface area contributed by atoms with Gasteiger partial charge in [-0.3, -0.25) is 14.4 Å². The summed E-state index contributed by atoms with van der Waals surface area (Å²) < 4.78 is 3.55. The van der Waals surface area contributed by atoms with Crippen LogP contribution in [0.1, 0.15) is 89.4 Å². The van der Waals surface area contributed by atoms with Crippen LogP contribution < -0.4 is 0 Å². The molecule has 56 heavy (non-hydrogen) atoms. The van der Waals surface area contributed by atoms with E-state index in [-0.39, 0.29) is 41.6 Å². The summed E-state index contributed by atoms with van der Waals surface area (Å²) in [4.78, 5) is 22.4. The van der Waals surface area contributed by atoms with E-state index in [1.807, 2.05) is 74.2 Å². The molecule has 1 amide bonds. The molecule has 1 saturated heterocycles. The van der Waals surface area contributed by atoms with Crippen molar-refractivity contribution in [2.75, 3.05) is 13.1 Å². The van der Waals surface area contributed by atoms with E-state index in [4.69, 9.17) is 16.6 Å². The van der Waals surface area contributed by atoms with Gasteiger partial charge in [-0.2, -0.15) is 0 Å². The molecule has 0 unspecified atom stereocenters. The maximum absolute atomic E-state index is 14.0. The third-order valence-corrected chi connectivity index (χ3v) is 12.5. The number of hydrogen-bond donors (Lipinski definition) is 3. The van der Waals surface area contributed by atoms with Gasteiger partial charge in [0.15, 0.2) is 11.6 Å². The Kier molecular flexibility index (Phi) is 9.92. The molecule has 5 heterocycles. The van der Waals surface area contributed by atoms with Crippen molar-refractivity contribution in [3.63, 3.8) is 0 Å². The zero-order valence-electron chi connectivity index (χ0n) is 31.9. The Hall–Kier alpha value is -5.53. The molecule has 1 fully saturated rings. The Morgan fingerprint density at radius 3 is 2.30 bits per heavy atom. The van der Waals surface area contributed by atoms with Gasteiger partial charge >= 0.3 is 6.01 Å². The van der Waals surface area contributed by atoms with Crippen LogP contribution in [0.2, 0.25) is 5.02 Å². The molecule has 0 bridgehead atoms. The maximum Gasteiger partial charge on any atom is 0.319 e. The summed E-state index contributed by atoms with van der Waals surface area (Å²) in [7, 11) is 0. The molecular formula is C42H43ClN8O4S. The summed E-state index contributed by atoms with van der Waals surface area (Å²) in [5.41, 5.74) is 6.75. The van der Waals surface area contributed by atoms with Gasteiger partial charge in [0.05, 0.1) is 23.4 Å². The van der Waals surface area contributed by atoms with Crippen molar-refractivity contribution in [3.05, 3.63) is 110 Å². The summed E-state index contributed by atoms with van der Waals surface area (Å²) in [6.45, 7) is 11.4. The lowest BCUT2D eigenvalue weighted by molar-refractivity contribution is -0.133. The van der Waals surface area contributed by atoms with Crippen LogP contribution in [0.15, 0.2) is 65.7 Å². The minimum Gasteiger partial charge on any atom is -0.508 e. The van der Waals surface area contributed by atoms with Crippen LogP contribution in [-0.4, -0.2) is 74.5 Å². The normalized spacial score (nSPS) is 15.8. The van der Waals surface area contributed by atoms with Gasteiger partial charge in [-0.05, 0) is 98.9 Å². The number of aliphatic imine (C=N–C) groups is 1. The minimum atomic E-state index is -0.508. The highest BCUT2D eigenvalue weighted by Crippen LogP contribution is 2.41. The van der Waals surface area contributed by atoms with Gasteiger partial charge in [0.1, 0.15) is 28.4 Å². The Labute approximate surface area is 333 Å². The Bertz CT molecular complexity index is 2480. The zero-order valence-corrected chi connectivity index (χ0v) is 33.4. The quantitative estimate of drug-likeness (QED) is 0.140. The average molecular weight is 791 g/mol. The third kappa shape index (κ3) is 6.83. The number of halogens is 1. The summed E-state index contributed by atoms with van der Waals surface area (Å²) in [6, 6.07) is 17.7. The summed E-state index contributed by atoms with van der Waals surface area (Å²) in [5, 5.41) is 50.4. The predicted molar refractivity (Wildman–Crippen MR) is 217 cm³/mol. The SMILES string of the molecule is Cc1sc2c(c1C)C(c1ccc(Cl)cc1)=N[C@@H](CC(=O)N1CCC(Cc3ccc(-n4c(O)nnc4-c4cc(C(C)C)c(O)cc4O)cc3)CC1)c1nnc(C)n1-2. The lowest BCUT2D eigenvalue weighted by Gasteiger charge is -2.32. The van der Waals surface area contributed by atoms with Crippen molar-refractivity contribution in [2.24, 2.45) is 10.9 Å². The molecule has 12 nitrogen and oxygen atoms in total. The van der Waals surface area contributed by atoms with Crippen LogP contribution in [0, 0.1) is 26.7 Å². The van der Waals surface area contributed by atoms with Crippen LogP contribution in [0.3, 0.4) is 0 Å². The van der Waals surface area contributed by atoms with Crippen molar-refractivity contribution in [1.29, 1.82) is 0 Å². The number of amides is 1. The van der Waals surface area contributed by atoms with E-state index in [9.17, 15) is 20.1 Å². The number of rotatable bonds is 8. The van der Waals surface area contributed by atoms with Gasteiger partial charge in [-0.15, -0.1) is 26.6 Å². The number of aromatic hydroxyl groups is 3. The number of benzene rings is 3. The molecular weight excluding hydrogens is 748 g/mol. The fraction of sp³-hybridized carbons (Fsp3) is 0.333. The molecule has 0 spiro atoms. The molecule has 3 aromatic carbocycles. The molecule has 8 rings (SSSR count). The highest BCUT2D eigenvalue weighted by atomic mass is 35.5. The number of phenolic OH excluding ortho intramolecular Hbond substituents is 2. The first-order valence-electron chi connectivity index (χ1n) is 18.8. The second kappa shape index (κ2) is 14.8. The second-order valence-electron chi connectivity index (χ2n) is 15.0. The van der Waals surface area contributed by atoms with Gasteiger partial charge in [0, 0.05) is 40.2 Å². The van der Waals surface area contributed by atoms with E-state index in [0.29, 0.717) is 46.7 Å². The van der Waals surface area contributed by atoms with Crippen LogP contribution in [0.25, 0.3) is 22.1 Å². The molecule has 0 aliphatic carbocycles. The number of likely N-dealkylation sites (tertiary alicyclic amines) is 1. The second-order valence-corrected chi connectivity index (χ2v) is 16.7. The summed E-state index contributed by atoms with van der Waals surface area (Å²) in [5.74, 6) is 1.98. The van der Waals surface area contributed by atoms with Crippen LogP contribution in [0.4, 0.5) is 0 Å². The van der Waals surface area contributed by atoms with Crippen LogP contribution in [-0.2, 0) is 11.2 Å². The fourth-order valence-electron chi connectivity index (χ4n) is 7.85. The highest BCUT2D eigenvalue weighted by molar-refractivity contribution is 7.15. The monoisotopic (exact) mass is 790 g/mol. The number of carbonyl (C=O) groups is 1. The Morgan fingerprint density at radius 1 is 0.893 bits per heavy atom. The van der Waals surface area contributed by atoms with Crippen molar-refractivity contribution in [2.45, 2.75) is 72.3 Å². The standard InChI is InChI=1S/C42H43ClN8O4S/c1-22(2)31-19-32(35(53)21-34(31)52)39-46-48-42(55)51(39)30-12-6-26(7-13-30)18-27-14-16-49(17-15-27)36(54)20-33-40-47-45-25(5)50(40)41-37(23(3)24(4)56-41)38(44-33)28-8-10-29(43)11-9-28/h6-13,19,21-22,27,33,52-53H,14-18,20H2,1-5H3,(H,48,55)/t33-/m0/s1. The van der Waals surface area contributed by atoms with E-state index in [1.165, 1.54) is 15.5 Å². The van der Waals surface area contributed by atoms with Crippen molar-refractivity contribution in [3.8, 4) is 39.6 Å².